The SMILES string of the molecule is COC(=O)c1cc2onc(C)c2cc1N. The van der Waals surface area contributed by atoms with Gasteiger partial charge in [-0.05, 0) is 13.0 Å². The molecule has 1 heterocycles. The first-order valence-electron chi connectivity index (χ1n) is 4.37. The van der Waals surface area contributed by atoms with Crippen molar-refractivity contribution in [3.63, 3.8) is 0 Å². The number of benzene rings is 1. The third-order valence-electron chi connectivity index (χ3n) is 2.23. The molecule has 1 aromatic carbocycles. The molecular formula is C10H10N2O3. The Bertz CT molecular complexity index is 531. The summed E-state index contributed by atoms with van der Waals surface area (Å²) in [5.74, 6) is -0.483. The van der Waals surface area contributed by atoms with Crippen molar-refractivity contribution in [3.05, 3.63) is 23.4 Å². The second kappa shape index (κ2) is 3.27. The summed E-state index contributed by atoms with van der Waals surface area (Å²) in [4.78, 5) is 11.3. The molecular weight excluding hydrogens is 196 g/mol. The van der Waals surface area contributed by atoms with Crippen LogP contribution in [-0.2, 0) is 4.74 Å². The summed E-state index contributed by atoms with van der Waals surface area (Å²) in [7, 11) is 1.30. The molecule has 0 aliphatic carbocycles. The van der Waals surface area contributed by atoms with Crippen molar-refractivity contribution in [2.45, 2.75) is 6.92 Å². The number of fused-ring (bicyclic) bond motifs is 1. The number of nitrogens with zero attached hydrogens (tertiary/aromatic N) is 1. The summed E-state index contributed by atoms with van der Waals surface area (Å²) >= 11 is 0. The number of aryl methyl sites for hydroxylation is 1. The Morgan fingerprint density at radius 1 is 1.53 bits per heavy atom. The van der Waals surface area contributed by atoms with Crippen LogP contribution in [0.15, 0.2) is 16.7 Å². The Kier molecular flexibility index (Phi) is 2.07. The molecule has 15 heavy (non-hydrogen) atoms. The topological polar surface area (TPSA) is 78.3 Å². The summed E-state index contributed by atoms with van der Waals surface area (Å²) in [6.45, 7) is 1.81. The third-order valence-corrected chi connectivity index (χ3v) is 2.23. The maximum Gasteiger partial charge on any atom is 0.340 e. The third kappa shape index (κ3) is 1.41. The molecule has 2 N–H and O–H groups in total. The minimum Gasteiger partial charge on any atom is -0.465 e. The van der Waals surface area contributed by atoms with Crippen LogP contribution in [0.1, 0.15) is 16.1 Å². The van der Waals surface area contributed by atoms with Gasteiger partial charge in [0.25, 0.3) is 0 Å². The van der Waals surface area contributed by atoms with Gasteiger partial charge in [0.15, 0.2) is 5.58 Å². The minimum absolute atomic E-state index is 0.293. The molecule has 2 aromatic rings. The number of aromatic nitrogens is 1. The lowest BCUT2D eigenvalue weighted by molar-refractivity contribution is 0.0602. The van der Waals surface area contributed by atoms with E-state index in [0.717, 1.165) is 11.1 Å². The van der Waals surface area contributed by atoms with E-state index in [1.807, 2.05) is 6.92 Å². The van der Waals surface area contributed by atoms with E-state index in [1.165, 1.54) is 13.2 Å². The lowest BCUT2D eigenvalue weighted by Crippen LogP contribution is -2.05. The number of nitrogens with two attached hydrogens (primary N) is 1. The van der Waals surface area contributed by atoms with Crippen LogP contribution >= 0.6 is 0 Å². The van der Waals surface area contributed by atoms with Gasteiger partial charge in [0.1, 0.15) is 0 Å². The van der Waals surface area contributed by atoms with E-state index in [0.29, 0.717) is 16.8 Å². The van der Waals surface area contributed by atoms with Crippen LogP contribution in [0.25, 0.3) is 11.0 Å². The van der Waals surface area contributed by atoms with Crippen molar-refractivity contribution in [2.75, 3.05) is 12.8 Å². The van der Waals surface area contributed by atoms with Gasteiger partial charge in [0, 0.05) is 17.1 Å². The van der Waals surface area contributed by atoms with Crippen molar-refractivity contribution in [1.82, 2.24) is 5.16 Å². The largest absolute Gasteiger partial charge is 0.465 e. The molecule has 0 unspecified atom stereocenters. The average Bonchev–Trinajstić information content (AvgIpc) is 2.58. The number of esters is 1. The van der Waals surface area contributed by atoms with Crippen LogP contribution in [0.3, 0.4) is 0 Å². The van der Waals surface area contributed by atoms with E-state index in [-0.39, 0.29) is 0 Å². The Hall–Kier alpha value is -2.04. The van der Waals surface area contributed by atoms with Crippen molar-refractivity contribution in [1.29, 1.82) is 0 Å². The molecule has 0 aliphatic rings. The first-order chi connectivity index (χ1) is 7.13. The normalized spacial score (nSPS) is 10.5. The Morgan fingerprint density at radius 3 is 2.93 bits per heavy atom. The van der Waals surface area contributed by atoms with E-state index < -0.39 is 5.97 Å². The minimum atomic E-state index is -0.483. The lowest BCUT2D eigenvalue weighted by Gasteiger charge is -2.02. The van der Waals surface area contributed by atoms with Gasteiger partial charge in [0.2, 0.25) is 0 Å². The fourth-order valence-electron chi connectivity index (χ4n) is 1.41. The highest BCUT2D eigenvalue weighted by molar-refractivity contribution is 6.00. The second-order valence-corrected chi connectivity index (χ2v) is 3.20. The molecule has 5 nitrogen and oxygen atoms in total. The van der Waals surface area contributed by atoms with Crippen LogP contribution in [0.4, 0.5) is 5.69 Å². The van der Waals surface area contributed by atoms with Crippen LogP contribution in [0.5, 0.6) is 0 Å². The summed E-state index contributed by atoms with van der Waals surface area (Å²) in [5.41, 5.74) is 7.65. The Labute approximate surface area is 85.8 Å². The molecule has 2 rings (SSSR count). The number of nitrogen functional groups attached to an aromatic ring is 1. The number of anilines is 1. The van der Waals surface area contributed by atoms with E-state index in [9.17, 15) is 4.79 Å². The lowest BCUT2D eigenvalue weighted by atomic mass is 10.1. The molecule has 0 bridgehead atoms. The summed E-state index contributed by atoms with van der Waals surface area (Å²) in [5, 5.41) is 4.59. The second-order valence-electron chi connectivity index (χ2n) is 3.20. The molecule has 0 saturated heterocycles. The number of hydrogen-bond acceptors (Lipinski definition) is 5. The van der Waals surface area contributed by atoms with Gasteiger partial charge in [-0.15, -0.1) is 0 Å². The summed E-state index contributed by atoms with van der Waals surface area (Å²) < 4.78 is 9.62. The van der Waals surface area contributed by atoms with Gasteiger partial charge < -0.3 is 15.0 Å². The first kappa shape index (κ1) is 9.51. The molecule has 0 saturated carbocycles. The van der Waals surface area contributed by atoms with Gasteiger partial charge in [-0.25, -0.2) is 4.79 Å². The molecule has 5 heteroatoms. The predicted molar refractivity (Wildman–Crippen MR) is 54.5 cm³/mol. The van der Waals surface area contributed by atoms with Gasteiger partial charge in [-0.3, -0.25) is 0 Å². The Balaban J connectivity index is 2.68. The highest BCUT2D eigenvalue weighted by atomic mass is 16.5. The number of ether oxygens (including phenoxy) is 1. The molecule has 0 amide bonds. The van der Waals surface area contributed by atoms with E-state index in [2.05, 4.69) is 9.89 Å². The predicted octanol–water partition coefficient (Wildman–Crippen LogP) is 1.51. The van der Waals surface area contributed by atoms with E-state index in [4.69, 9.17) is 10.3 Å². The molecule has 0 fully saturated rings. The number of carbonyl (C=O) groups is 1. The zero-order valence-corrected chi connectivity index (χ0v) is 8.40. The van der Waals surface area contributed by atoms with Crippen LogP contribution in [0, 0.1) is 6.92 Å². The van der Waals surface area contributed by atoms with Gasteiger partial charge >= 0.3 is 5.97 Å². The number of hydrogen-bond donors (Lipinski definition) is 1. The van der Waals surface area contributed by atoms with Crippen LogP contribution in [-0.4, -0.2) is 18.2 Å². The van der Waals surface area contributed by atoms with Crippen molar-refractivity contribution >= 4 is 22.6 Å². The molecule has 1 aromatic heterocycles. The quantitative estimate of drug-likeness (QED) is 0.565. The van der Waals surface area contributed by atoms with Crippen LogP contribution < -0.4 is 5.73 Å². The van der Waals surface area contributed by atoms with Crippen LogP contribution in [0.2, 0.25) is 0 Å². The number of carbonyl (C=O) groups excluding carboxylic acids is 1. The molecule has 0 radical (unpaired) electrons. The summed E-state index contributed by atoms with van der Waals surface area (Å²) in [6, 6.07) is 3.20. The zero-order chi connectivity index (χ0) is 11.0. The Morgan fingerprint density at radius 2 is 2.27 bits per heavy atom. The van der Waals surface area contributed by atoms with Gasteiger partial charge in [-0.1, -0.05) is 5.16 Å². The average molecular weight is 206 g/mol. The first-order valence-corrected chi connectivity index (χ1v) is 4.37. The smallest absolute Gasteiger partial charge is 0.340 e. The van der Waals surface area contributed by atoms with Crippen molar-refractivity contribution in [2.24, 2.45) is 0 Å². The number of methoxy groups -OCH3 is 1. The van der Waals surface area contributed by atoms with E-state index in [1.54, 1.807) is 6.07 Å². The maximum absolute atomic E-state index is 11.3. The fourth-order valence-corrected chi connectivity index (χ4v) is 1.41. The van der Waals surface area contributed by atoms with E-state index >= 15 is 0 Å². The standard InChI is InChI=1S/C10H10N2O3/c1-5-6-3-8(11)7(10(13)14-2)4-9(6)15-12-5/h3-4H,11H2,1-2H3. The van der Waals surface area contributed by atoms with Gasteiger partial charge in [0.05, 0.1) is 18.4 Å². The summed E-state index contributed by atoms with van der Waals surface area (Å²) in [6.07, 6.45) is 0. The molecule has 0 spiro atoms. The molecule has 0 aliphatic heterocycles. The highest BCUT2D eigenvalue weighted by Gasteiger charge is 2.14. The van der Waals surface area contributed by atoms with Crippen molar-refractivity contribution < 1.29 is 14.1 Å². The van der Waals surface area contributed by atoms with Gasteiger partial charge in [-0.2, -0.15) is 0 Å². The van der Waals surface area contributed by atoms with Crippen molar-refractivity contribution in [3.8, 4) is 0 Å². The number of rotatable bonds is 1. The highest BCUT2D eigenvalue weighted by Crippen LogP contribution is 2.24. The zero-order valence-electron chi connectivity index (χ0n) is 8.40. The fraction of sp³-hybridized carbons (Fsp3) is 0.200. The maximum atomic E-state index is 11.3. The molecule has 0 atom stereocenters. The molecule has 78 valence electrons. The monoisotopic (exact) mass is 206 g/mol.